The molecule has 0 aliphatic carbocycles. The molecule has 0 heterocycles. The lowest BCUT2D eigenvalue weighted by Gasteiger charge is -2.25. The Hall–Kier alpha value is -1.55. The van der Waals surface area contributed by atoms with E-state index in [4.69, 9.17) is 10.2 Å². The molecule has 9 heteroatoms. The predicted molar refractivity (Wildman–Crippen MR) is 75.5 cm³/mol. The van der Waals surface area contributed by atoms with E-state index in [0.717, 1.165) is 6.07 Å². The zero-order valence-corrected chi connectivity index (χ0v) is 12.8. The normalized spacial score (nSPS) is 12.4. The Morgan fingerprint density at radius 2 is 1.81 bits per heavy atom. The number of hydrogen-bond acceptors (Lipinski definition) is 6. The number of aliphatic hydroxyl groups is 2. The lowest BCUT2D eigenvalue weighted by Crippen LogP contribution is -2.51. The minimum atomic E-state index is -4.11. The molecule has 0 spiro atoms. The number of benzene rings is 1. The number of hydrogen-bond donors (Lipinski definition) is 3. The van der Waals surface area contributed by atoms with Crippen molar-refractivity contribution in [1.82, 2.24) is 4.72 Å². The molecule has 118 valence electrons. The van der Waals surface area contributed by atoms with Crippen LogP contribution in [-0.4, -0.2) is 42.3 Å². The largest absolute Gasteiger partial charge is 0.394 e. The molecule has 0 atom stereocenters. The van der Waals surface area contributed by atoms with Gasteiger partial charge in [-0.2, -0.15) is 0 Å². The third kappa shape index (κ3) is 3.76. The average Bonchev–Trinajstić information content (AvgIpc) is 2.40. The van der Waals surface area contributed by atoms with Crippen molar-refractivity contribution in [3.8, 4) is 0 Å². The van der Waals surface area contributed by atoms with Gasteiger partial charge in [0.15, 0.2) is 0 Å². The van der Waals surface area contributed by atoms with Gasteiger partial charge in [-0.3, -0.25) is 10.1 Å². The van der Waals surface area contributed by atoms with Crippen LogP contribution in [0.2, 0.25) is 0 Å². The zero-order chi connectivity index (χ0) is 16.4. The van der Waals surface area contributed by atoms with Gasteiger partial charge in [0.05, 0.1) is 28.6 Å². The van der Waals surface area contributed by atoms with E-state index < -0.39 is 33.7 Å². The molecule has 0 aromatic heterocycles. The maximum atomic E-state index is 12.2. The van der Waals surface area contributed by atoms with Crippen molar-refractivity contribution >= 4 is 15.7 Å². The Morgan fingerprint density at radius 3 is 2.24 bits per heavy atom. The number of rotatable bonds is 6. The first-order valence-electron chi connectivity index (χ1n) is 6.07. The molecule has 1 rings (SSSR count). The number of nitro groups is 1. The van der Waals surface area contributed by atoms with Crippen molar-refractivity contribution in [3.05, 3.63) is 33.4 Å². The summed E-state index contributed by atoms with van der Waals surface area (Å²) < 4.78 is 26.6. The van der Waals surface area contributed by atoms with Gasteiger partial charge in [0.25, 0.3) is 5.69 Å². The lowest BCUT2D eigenvalue weighted by atomic mass is 10.1. The minimum absolute atomic E-state index is 0.287. The monoisotopic (exact) mass is 318 g/mol. The highest BCUT2D eigenvalue weighted by Crippen LogP contribution is 2.26. The molecule has 0 radical (unpaired) electrons. The SMILES string of the molecule is Cc1cc(S(=O)(=O)NC(C)(CO)CO)cc([N+](=O)[O-])c1C. The van der Waals surface area contributed by atoms with Crippen molar-refractivity contribution in [3.63, 3.8) is 0 Å². The van der Waals surface area contributed by atoms with Crippen LogP contribution in [0.5, 0.6) is 0 Å². The Labute approximate surface area is 122 Å². The second-order valence-electron chi connectivity index (χ2n) is 5.12. The predicted octanol–water partition coefficient (Wildman–Crippen LogP) is 0.233. The summed E-state index contributed by atoms with van der Waals surface area (Å²) in [5.74, 6) is 0. The molecule has 1 aromatic carbocycles. The molecule has 0 aliphatic heterocycles. The minimum Gasteiger partial charge on any atom is -0.394 e. The van der Waals surface area contributed by atoms with Crippen LogP contribution in [0.25, 0.3) is 0 Å². The van der Waals surface area contributed by atoms with E-state index in [2.05, 4.69) is 4.72 Å². The van der Waals surface area contributed by atoms with E-state index in [-0.39, 0.29) is 10.6 Å². The van der Waals surface area contributed by atoms with Gasteiger partial charge in [-0.15, -0.1) is 0 Å². The number of sulfonamides is 1. The van der Waals surface area contributed by atoms with E-state index in [0.29, 0.717) is 11.1 Å². The summed E-state index contributed by atoms with van der Waals surface area (Å²) in [5, 5.41) is 29.2. The highest BCUT2D eigenvalue weighted by atomic mass is 32.2. The quantitative estimate of drug-likeness (QED) is 0.508. The van der Waals surface area contributed by atoms with Crippen LogP contribution in [0.3, 0.4) is 0 Å². The van der Waals surface area contributed by atoms with Gasteiger partial charge in [-0.05, 0) is 32.4 Å². The molecule has 0 amide bonds. The first-order valence-corrected chi connectivity index (χ1v) is 7.56. The molecule has 0 saturated carbocycles. The smallest absolute Gasteiger partial charge is 0.273 e. The van der Waals surface area contributed by atoms with Crippen LogP contribution < -0.4 is 4.72 Å². The van der Waals surface area contributed by atoms with E-state index >= 15 is 0 Å². The molecule has 8 nitrogen and oxygen atoms in total. The summed E-state index contributed by atoms with van der Waals surface area (Å²) in [4.78, 5) is 10.0. The summed E-state index contributed by atoms with van der Waals surface area (Å²) in [7, 11) is -4.11. The van der Waals surface area contributed by atoms with Crippen molar-refractivity contribution < 1.29 is 23.6 Å². The Balaban J connectivity index is 3.36. The molecule has 0 saturated heterocycles. The first-order chi connectivity index (χ1) is 9.56. The third-order valence-electron chi connectivity index (χ3n) is 3.20. The molecule has 0 bridgehead atoms. The average molecular weight is 318 g/mol. The summed E-state index contributed by atoms with van der Waals surface area (Å²) >= 11 is 0. The van der Waals surface area contributed by atoms with Crippen molar-refractivity contribution in [2.45, 2.75) is 31.2 Å². The highest BCUT2D eigenvalue weighted by molar-refractivity contribution is 7.89. The van der Waals surface area contributed by atoms with E-state index in [1.54, 1.807) is 6.92 Å². The molecule has 1 aromatic rings. The number of nitrogens with zero attached hydrogens (tertiary/aromatic N) is 1. The fourth-order valence-corrected chi connectivity index (χ4v) is 3.15. The molecule has 3 N–H and O–H groups in total. The van der Waals surface area contributed by atoms with E-state index in [9.17, 15) is 18.5 Å². The van der Waals surface area contributed by atoms with Gasteiger partial charge in [0.2, 0.25) is 10.0 Å². The number of aliphatic hydroxyl groups excluding tert-OH is 2. The molecule has 0 aliphatic rings. The van der Waals surface area contributed by atoms with Gasteiger partial charge in [-0.25, -0.2) is 13.1 Å². The van der Waals surface area contributed by atoms with Crippen molar-refractivity contribution in [1.29, 1.82) is 0 Å². The summed E-state index contributed by atoms with van der Waals surface area (Å²) in [5.41, 5.74) is -0.915. The highest BCUT2D eigenvalue weighted by Gasteiger charge is 2.31. The number of aryl methyl sites for hydroxylation is 1. The van der Waals surface area contributed by atoms with Crippen LogP contribution in [0.1, 0.15) is 18.1 Å². The van der Waals surface area contributed by atoms with E-state index in [1.165, 1.54) is 19.9 Å². The van der Waals surface area contributed by atoms with Crippen LogP contribution in [-0.2, 0) is 10.0 Å². The van der Waals surface area contributed by atoms with Crippen molar-refractivity contribution in [2.75, 3.05) is 13.2 Å². The summed E-state index contributed by atoms with van der Waals surface area (Å²) in [6.45, 7) is 3.19. The van der Waals surface area contributed by atoms with Crippen LogP contribution in [0.15, 0.2) is 17.0 Å². The lowest BCUT2D eigenvalue weighted by molar-refractivity contribution is -0.385. The Kier molecular flexibility index (Phi) is 5.05. The summed E-state index contributed by atoms with van der Waals surface area (Å²) in [6.07, 6.45) is 0. The Morgan fingerprint density at radius 1 is 1.29 bits per heavy atom. The van der Waals surface area contributed by atoms with Gasteiger partial charge in [-0.1, -0.05) is 0 Å². The molecule has 0 unspecified atom stereocenters. The van der Waals surface area contributed by atoms with Crippen LogP contribution >= 0.6 is 0 Å². The molecular weight excluding hydrogens is 300 g/mol. The zero-order valence-electron chi connectivity index (χ0n) is 12.0. The standard InChI is InChI=1S/C12H18N2O6S/c1-8-4-10(5-11(9(8)2)14(17)18)21(19,20)13-12(3,6-15)7-16/h4-5,13,15-16H,6-7H2,1-3H3. The summed E-state index contributed by atoms with van der Waals surface area (Å²) in [6, 6.07) is 2.26. The molecular formula is C12H18N2O6S. The topological polar surface area (TPSA) is 130 Å². The van der Waals surface area contributed by atoms with Crippen LogP contribution in [0.4, 0.5) is 5.69 Å². The first kappa shape index (κ1) is 17.5. The van der Waals surface area contributed by atoms with Gasteiger partial charge in [0.1, 0.15) is 0 Å². The second-order valence-corrected chi connectivity index (χ2v) is 6.81. The van der Waals surface area contributed by atoms with Gasteiger partial charge < -0.3 is 10.2 Å². The maximum Gasteiger partial charge on any atom is 0.273 e. The number of nitrogens with one attached hydrogen (secondary N) is 1. The Bertz CT molecular complexity index is 652. The fourth-order valence-electron chi connectivity index (χ4n) is 1.65. The maximum absolute atomic E-state index is 12.2. The van der Waals surface area contributed by atoms with Crippen LogP contribution in [0, 0.1) is 24.0 Å². The molecule has 21 heavy (non-hydrogen) atoms. The van der Waals surface area contributed by atoms with E-state index in [1.807, 2.05) is 0 Å². The molecule has 0 fully saturated rings. The van der Waals surface area contributed by atoms with Gasteiger partial charge >= 0.3 is 0 Å². The third-order valence-corrected chi connectivity index (χ3v) is 4.82. The van der Waals surface area contributed by atoms with Crippen molar-refractivity contribution in [2.24, 2.45) is 0 Å². The fraction of sp³-hybridized carbons (Fsp3) is 0.500. The second kappa shape index (κ2) is 6.06. The van der Waals surface area contributed by atoms with Gasteiger partial charge in [0, 0.05) is 11.6 Å². The number of nitro benzene ring substituents is 1.